The molecule has 1 N–H and O–H groups in total. The molecule has 0 aliphatic rings. The molecule has 0 saturated heterocycles. The minimum absolute atomic E-state index is 0.198. The van der Waals surface area contributed by atoms with E-state index in [1.807, 2.05) is 38.1 Å². The maximum absolute atomic E-state index is 13.2. The maximum Gasteiger partial charge on any atom is 0.243 e. The van der Waals surface area contributed by atoms with E-state index >= 15 is 0 Å². The van der Waals surface area contributed by atoms with Crippen LogP contribution in [0.1, 0.15) is 38.8 Å². The zero-order valence-electron chi connectivity index (χ0n) is 15.1. The highest BCUT2D eigenvalue weighted by Gasteiger charge is 2.30. The van der Waals surface area contributed by atoms with Crippen molar-refractivity contribution in [1.29, 1.82) is 0 Å². The van der Waals surface area contributed by atoms with Gasteiger partial charge in [-0.2, -0.15) is 4.31 Å². The normalized spacial score (nSPS) is 12.8. The van der Waals surface area contributed by atoms with Crippen LogP contribution in [0.25, 0.3) is 0 Å². The van der Waals surface area contributed by atoms with Gasteiger partial charge in [0.1, 0.15) is 0 Å². The lowest BCUT2D eigenvalue weighted by Gasteiger charge is -2.29. The highest BCUT2D eigenvalue weighted by Crippen LogP contribution is 2.32. The van der Waals surface area contributed by atoms with Crippen LogP contribution >= 0.6 is 15.9 Å². The van der Waals surface area contributed by atoms with Crippen LogP contribution in [0.15, 0.2) is 57.9 Å². The molecule has 0 fully saturated rings. The number of carbonyl (C=O) groups is 1. The van der Waals surface area contributed by atoms with Crippen LogP contribution < -0.4 is 5.32 Å². The molecule has 0 aromatic heterocycles. The van der Waals surface area contributed by atoms with Crippen LogP contribution in [0.4, 0.5) is 5.69 Å². The largest absolute Gasteiger partial charge is 0.326 e. The van der Waals surface area contributed by atoms with Crippen molar-refractivity contribution in [3.8, 4) is 0 Å². The van der Waals surface area contributed by atoms with E-state index in [4.69, 9.17) is 0 Å². The van der Waals surface area contributed by atoms with Crippen LogP contribution in [-0.2, 0) is 14.8 Å². The van der Waals surface area contributed by atoms with Crippen LogP contribution in [0.5, 0.6) is 0 Å². The topological polar surface area (TPSA) is 66.5 Å². The molecule has 0 aliphatic heterocycles. The Morgan fingerprint density at radius 3 is 2.31 bits per heavy atom. The number of hydrogen-bond acceptors (Lipinski definition) is 3. The number of amides is 1. The summed E-state index contributed by atoms with van der Waals surface area (Å²) < 4.78 is 28.8. The smallest absolute Gasteiger partial charge is 0.243 e. The first kappa shape index (κ1) is 20.6. The minimum Gasteiger partial charge on any atom is -0.326 e. The van der Waals surface area contributed by atoms with Crippen molar-refractivity contribution in [3.63, 3.8) is 0 Å². The number of halogens is 1. The van der Waals surface area contributed by atoms with E-state index in [0.717, 1.165) is 10.0 Å². The molecule has 1 amide bonds. The van der Waals surface area contributed by atoms with Crippen molar-refractivity contribution in [1.82, 2.24) is 4.31 Å². The number of anilines is 1. The molecule has 0 spiro atoms. The lowest BCUT2D eigenvalue weighted by Crippen LogP contribution is -2.34. The van der Waals surface area contributed by atoms with E-state index in [0.29, 0.717) is 18.7 Å². The molecular formula is C19H23BrN2O3S. The Balaban J connectivity index is 2.38. The van der Waals surface area contributed by atoms with Gasteiger partial charge in [0, 0.05) is 29.7 Å². The first-order chi connectivity index (χ1) is 12.3. The number of carbonyl (C=O) groups excluding carboxylic acids is 1. The second-order valence-electron chi connectivity index (χ2n) is 6.02. The van der Waals surface area contributed by atoms with E-state index in [9.17, 15) is 13.2 Å². The second-order valence-corrected chi connectivity index (χ2v) is 8.76. The lowest BCUT2D eigenvalue weighted by atomic mass is 10.1. The molecule has 140 valence electrons. The molecule has 1 atom stereocenters. The van der Waals surface area contributed by atoms with Gasteiger partial charge in [-0.25, -0.2) is 8.42 Å². The van der Waals surface area contributed by atoms with Crippen LogP contribution in [0.3, 0.4) is 0 Å². The molecule has 0 aliphatic carbocycles. The zero-order valence-corrected chi connectivity index (χ0v) is 17.5. The Morgan fingerprint density at radius 2 is 1.77 bits per heavy atom. The summed E-state index contributed by atoms with van der Waals surface area (Å²) in [5.41, 5.74) is 1.48. The van der Waals surface area contributed by atoms with E-state index in [2.05, 4.69) is 21.2 Å². The van der Waals surface area contributed by atoms with Crippen LogP contribution in [0, 0.1) is 0 Å². The molecular weight excluding hydrogens is 416 g/mol. The lowest BCUT2D eigenvalue weighted by molar-refractivity contribution is -0.114. The molecule has 0 heterocycles. The fourth-order valence-electron chi connectivity index (χ4n) is 2.76. The fraction of sp³-hybridized carbons (Fsp3) is 0.316. The summed E-state index contributed by atoms with van der Waals surface area (Å²) in [5, 5.41) is 2.64. The van der Waals surface area contributed by atoms with E-state index in [1.165, 1.54) is 23.4 Å². The predicted molar refractivity (Wildman–Crippen MR) is 107 cm³/mol. The number of nitrogens with one attached hydrogen (secondary N) is 1. The highest BCUT2D eigenvalue weighted by atomic mass is 79.9. The molecule has 0 radical (unpaired) electrons. The predicted octanol–water partition coefficient (Wildman–Crippen LogP) is 4.57. The Bertz CT molecular complexity index is 867. The monoisotopic (exact) mass is 438 g/mol. The highest BCUT2D eigenvalue weighted by molar-refractivity contribution is 9.10. The zero-order chi connectivity index (χ0) is 19.3. The third-order valence-electron chi connectivity index (χ3n) is 4.01. The number of hydrogen-bond donors (Lipinski definition) is 1. The first-order valence-electron chi connectivity index (χ1n) is 8.41. The van der Waals surface area contributed by atoms with E-state index < -0.39 is 10.0 Å². The fourth-order valence-corrected chi connectivity index (χ4v) is 5.08. The summed E-state index contributed by atoms with van der Waals surface area (Å²) >= 11 is 3.51. The van der Waals surface area contributed by atoms with Gasteiger partial charge in [-0.15, -0.1) is 0 Å². The van der Waals surface area contributed by atoms with Crippen molar-refractivity contribution in [2.75, 3.05) is 11.9 Å². The average Bonchev–Trinajstić information content (AvgIpc) is 2.59. The molecule has 0 unspecified atom stereocenters. The Morgan fingerprint density at radius 1 is 1.15 bits per heavy atom. The Kier molecular flexibility index (Phi) is 6.97. The van der Waals surface area contributed by atoms with Gasteiger partial charge in [0.2, 0.25) is 15.9 Å². The van der Waals surface area contributed by atoms with Gasteiger partial charge in [0.25, 0.3) is 0 Å². The molecule has 5 nitrogen and oxygen atoms in total. The standard InChI is InChI=1S/C19H23BrN2O3S/c1-4-13-22(14(2)18-7-5-6-8-19(18)20)26(24,25)17-11-9-16(10-12-17)21-15(3)23/h5-12,14H,4,13H2,1-3H3,(H,21,23)/t14-/m1/s1. The Hall–Kier alpha value is -1.70. The summed E-state index contributed by atoms with van der Waals surface area (Å²) in [5.74, 6) is -0.198. The van der Waals surface area contributed by atoms with Gasteiger partial charge in [0.05, 0.1) is 4.90 Å². The molecule has 2 aromatic rings. The molecule has 7 heteroatoms. The van der Waals surface area contributed by atoms with Crippen molar-refractivity contribution in [2.45, 2.75) is 38.1 Å². The quantitative estimate of drug-likeness (QED) is 0.688. The summed E-state index contributed by atoms with van der Waals surface area (Å²) in [6.45, 7) is 5.67. The molecule has 2 aromatic carbocycles. The summed E-state index contributed by atoms with van der Waals surface area (Å²) in [7, 11) is -3.67. The number of sulfonamides is 1. The van der Waals surface area contributed by atoms with Crippen molar-refractivity contribution < 1.29 is 13.2 Å². The van der Waals surface area contributed by atoms with Gasteiger partial charge in [-0.1, -0.05) is 41.1 Å². The van der Waals surface area contributed by atoms with Crippen LogP contribution in [-0.4, -0.2) is 25.2 Å². The molecule has 26 heavy (non-hydrogen) atoms. The molecule has 0 saturated carbocycles. The Labute approximate surface area is 163 Å². The number of rotatable bonds is 7. The number of benzene rings is 2. The van der Waals surface area contributed by atoms with Crippen LogP contribution in [0.2, 0.25) is 0 Å². The van der Waals surface area contributed by atoms with Gasteiger partial charge in [-0.3, -0.25) is 4.79 Å². The van der Waals surface area contributed by atoms with E-state index in [1.54, 1.807) is 12.1 Å². The average molecular weight is 439 g/mol. The molecule has 0 bridgehead atoms. The molecule has 2 rings (SSSR count). The van der Waals surface area contributed by atoms with Gasteiger partial charge in [0.15, 0.2) is 0 Å². The van der Waals surface area contributed by atoms with Crippen molar-refractivity contribution in [3.05, 3.63) is 58.6 Å². The van der Waals surface area contributed by atoms with Crippen molar-refractivity contribution >= 4 is 37.5 Å². The third kappa shape index (κ3) is 4.72. The summed E-state index contributed by atoms with van der Waals surface area (Å²) in [6, 6.07) is 13.6. The minimum atomic E-state index is -3.67. The van der Waals surface area contributed by atoms with Gasteiger partial charge < -0.3 is 5.32 Å². The van der Waals surface area contributed by atoms with Crippen molar-refractivity contribution in [2.24, 2.45) is 0 Å². The third-order valence-corrected chi connectivity index (χ3v) is 6.72. The summed E-state index contributed by atoms with van der Waals surface area (Å²) in [4.78, 5) is 11.3. The SMILES string of the molecule is CCCN([C@H](C)c1ccccc1Br)S(=O)(=O)c1ccc(NC(C)=O)cc1. The number of nitrogens with zero attached hydrogens (tertiary/aromatic N) is 1. The van der Waals surface area contributed by atoms with E-state index in [-0.39, 0.29) is 16.8 Å². The first-order valence-corrected chi connectivity index (χ1v) is 10.6. The summed E-state index contributed by atoms with van der Waals surface area (Å²) in [6.07, 6.45) is 0.706. The van der Waals surface area contributed by atoms with Gasteiger partial charge >= 0.3 is 0 Å². The maximum atomic E-state index is 13.2. The van der Waals surface area contributed by atoms with Gasteiger partial charge in [-0.05, 0) is 49.2 Å². The second kappa shape index (κ2) is 8.79.